The van der Waals surface area contributed by atoms with Crippen molar-refractivity contribution in [1.82, 2.24) is 15.5 Å². The second-order valence-corrected chi connectivity index (χ2v) is 9.68. The third-order valence-electron chi connectivity index (χ3n) is 5.83. The second-order valence-electron chi connectivity index (χ2n) is 9.24. The number of aliphatic hydroxyl groups excluding tert-OH is 1. The molecule has 1 saturated heterocycles. The summed E-state index contributed by atoms with van der Waals surface area (Å²) in [6, 6.07) is 8.14. The van der Waals surface area contributed by atoms with Gasteiger partial charge in [-0.2, -0.15) is 0 Å². The van der Waals surface area contributed by atoms with E-state index in [-0.39, 0.29) is 30.3 Å². The number of aliphatic hydroxyl groups is 1. The van der Waals surface area contributed by atoms with Crippen molar-refractivity contribution in [2.75, 3.05) is 25.9 Å². The maximum Gasteiger partial charge on any atom is 0.337 e. The van der Waals surface area contributed by atoms with Gasteiger partial charge in [0.15, 0.2) is 0 Å². The van der Waals surface area contributed by atoms with Gasteiger partial charge >= 0.3 is 12.0 Å². The van der Waals surface area contributed by atoms with Gasteiger partial charge in [0.2, 0.25) is 11.8 Å². The molecule has 1 aliphatic heterocycles. The quantitative estimate of drug-likeness (QED) is 0.320. The summed E-state index contributed by atoms with van der Waals surface area (Å²) in [5.41, 5.74) is 7.11. The Hall–Kier alpha value is -3.83. The molecule has 2 atom stereocenters. The second kappa shape index (κ2) is 14.4. The number of ether oxygens (including phenoxy) is 1. The fourth-order valence-corrected chi connectivity index (χ4v) is 4.16. The summed E-state index contributed by atoms with van der Waals surface area (Å²) in [6.45, 7) is 4.89. The number of benzene rings is 2. The Kier molecular flexibility index (Phi) is 11.6. The lowest BCUT2D eigenvalue weighted by atomic mass is 9.97. The van der Waals surface area contributed by atoms with Crippen LogP contribution in [0.3, 0.4) is 0 Å². The molecule has 0 spiro atoms. The third-order valence-corrected chi connectivity index (χ3v) is 6.07. The molecular formula is C27H35ClN4O7. The molecule has 0 aromatic heterocycles. The smallest absolute Gasteiger partial charge is 0.337 e. The molecule has 4 amide bonds. The number of amides is 4. The molecule has 1 heterocycles. The predicted octanol–water partition coefficient (Wildman–Crippen LogP) is 2.99. The highest BCUT2D eigenvalue weighted by Crippen LogP contribution is 2.27. The summed E-state index contributed by atoms with van der Waals surface area (Å²) in [7, 11) is 1.50. The molecule has 1 fully saturated rings. The molecule has 0 bridgehead atoms. The summed E-state index contributed by atoms with van der Waals surface area (Å²) in [6.07, 6.45) is 0.478. The van der Waals surface area contributed by atoms with Crippen molar-refractivity contribution < 1.29 is 34.1 Å². The number of methoxy groups -OCH3 is 1. The SMILES string of the molecule is CC(C)O.CC[C@@H](NC(=O)N1CC(=O)NC[C@@H](Cc2cc(Cl)ccc2OC)C1=O)c1ccc(C(=O)O)c(N)c1. The molecule has 12 heteroatoms. The molecule has 0 aliphatic carbocycles. The Morgan fingerprint density at radius 2 is 1.90 bits per heavy atom. The van der Waals surface area contributed by atoms with Gasteiger partial charge in [0, 0.05) is 23.4 Å². The highest BCUT2D eigenvalue weighted by molar-refractivity contribution is 6.30. The summed E-state index contributed by atoms with van der Waals surface area (Å²) < 4.78 is 5.36. The highest BCUT2D eigenvalue weighted by Gasteiger charge is 2.35. The number of aromatic carboxylic acids is 1. The Bertz CT molecular complexity index is 1200. The van der Waals surface area contributed by atoms with Crippen molar-refractivity contribution in [3.05, 3.63) is 58.1 Å². The lowest BCUT2D eigenvalue weighted by Gasteiger charge is -2.25. The highest BCUT2D eigenvalue weighted by atomic mass is 35.5. The number of carboxylic acids is 1. The van der Waals surface area contributed by atoms with Gasteiger partial charge in [0.25, 0.3) is 0 Å². The first kappa shape index (κ1) is 31.4. The van der Waals surface area contributed by atoms with Crippen LogP contribution in [0.15, 0.2) is 36.4 Å². The Balaban J connectivity index is 0.00000124. The number of hydrogen-bond acceptors (Lipinski definition) is 7. The number of rotatable bonds is 7. The first-order valence-corrected chi connectivity index (χ1v) is 12.8. The van der Waals surface area contributed by atoms with Gasteiger partial charge in [-0.3, -0.25) is 14.5 Å². The van der Waals surface area contributed by atoms with E-state index in [0.717, 1.165) is 4.90 Å². The zero-order valence-electron chi connectivity index (χ0n) is 22.4. The Morgan fingerprint density at radius 1 is 1.23 bits per heavy atom. The molecule has 6 N–H and O–H groups in total. The van der Waals surface area contributed by atoms with E-state index in [1.807, 2.05) is 6.92 Å². The number of carbonyl (C=O) groups excluding carboxylic acids is 3. The number of carbonyl (C=O) groups is 4. The monoisotopic (exact) mass is 562 g/mol. The largest absolute Gasteiger partial charge is 0.496 e. The molecule has 0 unspecified atom stereocenters. The summed E-state index contributed by atoms with van der Waals surface area (Å²) in [5, 5.41) is 23.1. The summed E-state index contributed by atoms with van der Waals surface area (Å²) in [5.74, 6) is -2.31. The van der Waals surface area contributed by atoms with E-state index in [9.17, 15) is 24.3 Å². The van der Waals surface area contributed by atoms with Crippen LogP contribution in [0.25, 0.3) is 0 Å². The van der Waals surface area contributed by atoms with Crippen LogP contribution in [0.1, 0.15) is 54.7 Å². The van der Waals surface area contributed by atoms with Crippen molar-refractivity contribution in [1.29, 1.82) is 0 Å². The van der Waals surface area contributed by atoms with E-state index in [1.54, 1.807) is 38.1 Å². The lowest BCUT2D eigenvalue weighted by Crippen LogP contribution is -2.48. The molecule has 0 saturated carbocycles. The van der Waals surface area contributed by atoms with Gasteiger partial charge in [-0.25, -0.2) is 9.59 Å². The minimum atomic E-state index is -1.16. The number of imide groups is 1. The maximum absolute atomic E-state index is 13.3. The van der Waals surface area contributed by atoms with Gasteiger partial charge in [-0.05, 0) is 68.1 Å². The standard InChI is InChI=1S/C24H27ClN4O6.C3H8O/c1-3-19(13-4-6-17(23(32)33)18(26)10-13)28-24(34)29-12-21(30)27-11-15(22(29)31)8-14-9-16(25)5-7-20(14)35-2;1-3(2)4/h4-7,9-10,15,19H,3,8,11-12,26H2,1-2H3,(H,27,30)(H,28,34)(H,32,33);3-4H,1-2H3/t15-,19-;/m1./s1. The molecule has 39 heavy (non-hydrogen) atoms. The predicted molar refractivity (Wildman–Crippen MR) is 147 cm³/mol. The number of halogens is 1. The van der Waals surface area contributed by atoms with Crippen LogP contribution in [-0.2, 0) is 16.0 Å². The summed E-state index contributed by atoms with van der Waals surface area (Å²) in [4.78, 5) is 50.9. The molecular weight excluding hydrogens is 528 g/mol. The number of anilines is 1. The average Bonchev–Trinajstić information content (AvgIpc) is 3.00. The van der Waals surface area contributed by atoms with Crippen LogP contribution < -0.4 is 21.1 Å². The number of nitrogens with two attached hydrogens (primary N) is 1. The molecule has 3 rings (SSSR count). The van der Waals surface area contributed by atoms with E-state index >= 15 is 0 Å². The fourth-order valence-electron chi connectivity index (χ4n) is 3.97. The van der Waals surface area contributed by atoms with Crippen molar-refractivity contribution in [3.63, 3.8) is 0 Å². The molecule has 2 aromatic carbocycles. The number of nitrogens with zero attached hydrogens (tertiary/aromatic N) is 1. The van der Waals surface area contributed by atoms with Gasteiger partial charge in [-0.15, -0.1) is 0 Å². The van der Waals surface area contributed by atoms with E-state index in [4.69, 9.17) is 27.2 Å². The summed E-state index contributed by atoms with van der Waals surface area (Å²) >= 11 is 6.11. The van der Waals surface area contributed by atoms with E-state index < -0.39 is 42.3 Å². The van der Waals surface area contributed by atoms with E-state index in [0.29, 0.717) is 28.3 Å². The molecule has 212 valence electrons. The van der Waals surface area contributed by atoms with Gasteiger partial charge in [-0.1, -0.05) is 24.6 Å². The average molecular weight is 563 g/mol. The Labute approximate surface area is 232 Å². The maximum atomic E-state index is 13.3. The number of nitrogen functional groups attached to an aromatic ring is 1. The Morgan fingerprint density at radius 3 is 2.46 bits per heavy atom. The van der Waals surface area contributed by atoms with E-state index in [1.165, 1.54) is 19.2 Å². The van der Waals surface area contributed by atoms with Crippen LogP contribution in [-0.4, -0.2) is 65.2 Å². The molecule has 0 radical (unpaired) electrons. The van der Waals surface area contributed by atoms with Crippen LogP contribution in [0, 0.1) is 5.92 Å². The third kappa shape index (κ3) is 8.86. The number of hydrogen-bond donors (Lipinski definition) is 5. The van der Waals surface area contributed by atoms with Crippen molar-refractivity contribution in [3.8, 4) is 5.75 Å². The molecule has 11 nitrogen and oxygen atoms in total. The number of carboxylic acid groups (broad SMARTS) is 1. The van der Waals surface area contributed by atoms with Crippen LogP contribution in [0.4, 0.5) is 10.5 Å². The minimum Gasteiger partial charge on any atom is -0.496 e. The minimum absolute atomic E-state index is 0.0476. The van der Waals surface area contributed by atoms with Gasteiger partial charge < -0.3 is 31.3 Å². The zero-order valence-corrected chi connectivity index (χ0v) is 23.1. The van der Waals surface area contributed by atoms with Crippen LogP contribution >= 0.6 is 11.6 Å². The normalized spacial score (nSPS) is 16.0. The van der Waals surface area contributed by atoms with Gasteiger partial charge in [0.1, 0.15) is 12.3 Å². The van der Waals surface area contributed by atoms with Crippen molar-refractivity contribution in [2.24, 2.45) is 5.92 Å². The van der Waals surface area contributed by atoms with Crippen LogP contribution in [0.2, 0.25) is 5.02 Å². The van der Waals surface area contributed by atoms with Crippen molar-refractivity contribution >= 4 is 41.1 Å². The zero-order chi connectivity index (χ0) is 29.3. The lowest BCUT2D eigenvalue weighted by molar-refractivity contribution is -0.133. The molecule has 2 aromatic rings. The molecule has 1 aliphatic rings. The van der Waals surface area contributed by atoms with Crippen molar-refractivity contribution in [2.45, 2.75) is 45.8 Å². The number of nitrogens with one attached hydrogen (secondary N) is 2. The van der Waals surface area contributed by atoms with Crippen LogP contribution in [0.5, 0.6) is 5.75 Å². The van der Waals surface area contributed by atoms with E-state index in [2.05, 4.69) is 10.6 Å². The number of urea groups is 1. The first-order chi connectivity index (χ1) is 18.4. The van der Waals surface area contributed by atoms with Gasteiger partial charge in [0.05, 0.1) is 24.6 Å². The first-order valence-electron chi connectivity index (χ1n) is 12.4. The fraction of sp³-hybridized carbons (Fsp3) is 0.407. The topological polar surface area (TPSA) is 171 Å².